The van der Waals surface area contributed by atoms with Crippen molar-refractivity contribution in [3.63, 3.8) is 0 Å². The summed E-state index contributed by atoms with van der Waals surface area (Å²) in [6, 6.07) is 6.13. The highest BCUT2D eigenvalue weighted by atomic mass is 35.5. The first-order chi connectivity index (χ1) is 17.8. The van der Waals surface area contributed by atoms with E-state index in [9.17, 15) is 10.2 Å². The van der Waals surface area contributed by atoms with Crippen molar-refractivity contribution in [1.82, 2.24) is 29.4 Å². The predicted molar refractivity (Wildman–Crippen MR) is 144 cm³/mol. The maximum absolute atomic E-state index is 10.9. The van der Waals surface area contributed by atoms with Crippen molar-refractivity contribution >= 4 is 39.5 Å². The Morgan fingerprint density at radius 2 is 2.00 bits per heavy atom. The third-order valence-electron chi connectivity index (χ3n) is 8.63. The molecule has 37 heavy (non-hydrogen) atoms. The highest BCUT2D eigenvalue weighted by Gasteiger charge is 2.44. The first-order valence-corrected chi connectivity index (χ1v) is 13.4. The maximum atomic E-state index is 10.9. The van der Waals surface area contributed by atoms with Crippen molar-refractivity contribution in [2.75, 3.05) is 19.3 Å². The van der Waals surface area contributed by atoms with E-state index in [2.05, 4.69) is 26.9 Å². The van der Waals surface area contributed by atoms with Crippen LogP contribution in [0.5, 0.6) is 0 Å². The largest absolute Gasteiger partial charge is 0.390 e. The average Bonchev–Trinajstić information content (AvgIpc) is 3.51. The molecule has 0 radical (unpaired) electrons. The number of nitrogens with two attached hydrogens (primary N) is 1. The Hall–Kier alpha value is -2.72. The topological polar surface area (TPSA) is 129 Å². The van der Waals surface area contributed by atoms with Crippen LogP contribution in [0.25, 0.3) is 22.1 Å². The molecule has 0 spiro atoms. The predicted octanol–water partition coefficient (Wildman–Crippen LogP) is 3.48. The second-order valence-electron chi connectivity index (χ2n) is 11.0. The van der Waals surface area contributed by atoms with Crippen LogP contribution in [0, 0.1) is 18.8 Å². The van der Waals surface area contributed by atoms with Gasteiger partial charge < -0.3 is 30.4 Å². The van der Waals surface area contributed by atoms with Gasteiger partial charge in [0.05, 0.1) is 28.6 Å². The van der Waals surface area contributed by atoms with E-state index in [0.717, 1.165) is 65.1 Å². The summed E-state index contributed by atoms with van der Waals surface area (Å²) < 4.78 is 1.94. The van der Waals surface area contributed by atoms with Crippen LogP contribution in [0.4, 0.5) is 5.82 Å². The molecule has 4 aromatic rings. The van der Waals surface area contributed by atoms with Crippen LogP contribution < -0.4 is 5.73 Å². The number of benzene rings is 1. The van der Waals surface area contributed by atoms with E-state index < -0.39 is 12.2 Å². The van der Waals surface area contributed by atoms with E-state index in [4.69, 9.17) is 22.3 Å². The Balaban J connectivity index is 1.02. The monoisotopic (exact) mass is 523 g/mol. The summed E-state index contributed by atoms with van der Waals surface area (Å²) in [6.45, 7) is 2.76. The molecule has 2 saturated carbocycles. The van der Waals surface area contributed by atoms with Crippen LogP contribution in [0.3, 0.4) is 0 Å². The zero-order chi connectivity index (χ0) is 25.8. The second-order valence-corrected chi connectivity index (χ2v) is 11.4. The number of aromatic amines is 1. The van der Waals surface area contributed by atoms with Gasteiger partial charge >= 0.3 is 0 Å². The number of aliphatic hydroxyl groups excluding tert-OH is 2. The standard InChI is InChI=1S/C27H34ClN7O2/c1-14-7-20-21(11-19(14)28)33-23(32-20)4-3-15-8-17(9-15)34(2)12-16-10-22(25(37)24(16)36)35-6-5-18-26(29)30-13-31-27(18)35/h5-7,11,13,15-17,22,24-25,36-37H,3-4,8-10,12H2,1-2H3,(H,32,33)(H2,29,30,31)/t15-,16-,17+,22-,24-,25+/m1/s1. The van der Waals surface area contributed by atoms with Crippen molar-refractivity contribution in [1.29, 1.82) is 0 Å². The number of nitrogen functional groups attached to an aromatic ring is 1. The van der Waals surface area contributed by atoms with Crippen molar-refractivity contribution < 1.29 is 10.2 Å². The number of hydrogen-bond donors (Lipinski definition) is 4. The number of anilines is 1. The summed E-state index contributed by atoms with van der Waals surface area (Å²) in [5, 5.41) is 23.3. The zero-order valence-corrected chi connectivity index (χ0v) is 21.9. The van der Waals surface area contributed by atoms with Crippen molar-refractivity contribution in [2.45, 2.75) is 63.3 Å². The minimum atomic E-state index is -0.846. The summed E-state index contributed by atoms with van der Waals surface area (Å²) in [5.74, 6) is 2.11. The van der Waals surface area contributed by atoms with Gasteiger partial charge in [-0.1, -0.05) is 11.6 Å². The average molecular weight is 524 g/mol. The molecule has 2 fully saturated rings. The van der Waals surface area contributed by atoms with E-state index >= 15 is 0 Å². The third kappa shape index (κ3) is 4.48. The number of imidazole rings is 1. The highest BCUT2D eigenvalue weighted by molar-refractivity contribution is 6.32. The fourth-order valence-electron chi connectivity index (χ4n) is 6.28. The Morgan fingerprint density at radius 3 is 2.81 bits per heavy atom. The van der Waals surface area contributed by atoms with Crippen LogP contribution in [-0.2, 0) is 6.42 Å². The first kappa shape index (κ1) is 24.6. The number of aliphatic hydroxyl groups is 2. The lowest BCUT2D eigenvalue weighted by Gasteiger charge is -2.42. The van der Waals surface area contributed by atoms with Crippen LogP contribution in [0.1, 0.15) is 43.1 Å². The number of nitrogens with one attached hydrogen (secondary N) is 1. The fraction of sp³-hybridized carbons (Fsp3) is 0.519. The number of aromatic nitrogens is 5. The Kier molecular flexibility index (Phi) is 6.35. The molecule has 4 atom stereocenters. The molecule has 5 N–H and O–H groups in total. The van der Waals surface area contributed by atoms with Crippen LogP contribution in [-0.4, -0.2) is 71.5 Å². The molecule has 0 saturated heterocycles. The van der Waals surface area contributed by atoms with Gasteiger partial charge in [-0.15, -0.1) is 0 Å². The van der Waals surface area contributed by atoms with E-state index in [1.165, 1.54) is 6.33 Å². The summed E-state index contributed by atoms with van der Waals surface area (Å²) in [7, 11) is 2.14. The minimum absolute atomic E-state index is 0.00786. The molecule has 196 valence electrons. The van der Waals surface area contributed by atoms with Gasteiger partial charge in [-0.2, -0.15) is 0 Å². The third-order valence-corrected chi connectivity index (χ3v) is 9.03. The lowest BCUT2D eigenvalue weighted by atomic mass is 9.76. The maximum Gasteiger partial charge on any atom is 0.145 e. The second kappa shape index (κ2) is 9.54. The Morgan fingerprint density at radius 1 is 1.19 bits per heavy atom. The van der Waals surface area contributed by atoms with Crippen LogP contribution >= 0.6 is 11.6 Å². The molecule has 0 unspecified atom stereocenters. The molecule has 9 nitrogen and oxygen atoms in total. The van der Waals surface area contributed by atoms with E-state index in [0.29, 0.717) is 29.8 Å². The molecule has 2 aliphatic rings. The SMILES string of the molecule is Cc1cc2nc(CC[C@H]3C[C@@H](N(C)C[C@H]4C[C@@H](n5ccc6c(N)ncnc65)[C@H](O)[C@@H]4O)C3)[nH]c2cc1Cl. The highest BCUT2D eigenvalue weighted by Crippen LogP contribution is 2.40. The number of nitrogens with zero attached hydrogens (tertiary/aromatic N) is 5. The van der Waals surface area contributed by atoms with Gasteiger partial charge in [0.2, 0.25) is 0 Å². The lowest BCUT2D eigenvalue weighted by Crippen LogP contribution is -2.46. The van der Waals surface area contributed by atoms with Crippen molar-refractivity contribution in [2.24, 2.45) is 11.8 Å². The summed E-state index contributed by atoms with van der Waals surface area (Å²) >= 11 is 6.25. The molecule has 0 aliphatic heterocycles. The lowest BCUT2D eigenvalue weighted by molar-refractivity contribution is -0.00658. The minimum Gasteiger partial charge on any atom is -0.390 e. The molecule has 1 aromatic carbocycles. The van der Waals surface area contributed by atoms with Gasteiger partial charge in [0.15, 0.2) is 0 Å². The number of rotatable bonds is 7. The molecule has 0 amide bonds. The molecule has 3 heterocycles. The number of halogens is 1. The molecule has 3 aromatic heterocycles. The van der Waals surface area contributed by atoms with Gasteiger partial charge in [0.1, 0.15) is 29.7 Å². The number of fused-ring (bicyclic) bond motifs is 2. The fourth-order valence-corrected chi connectivity index (χ4v) is 6.44. The summed E-state index contributed by atoms with van der Waals surface area (Å²) in [5.41, 5.74) is 9.69. The summed E-state index contributed by atoms with van der Waals surface area (Å²) in [6.07, 6.45) is 6.73. The van der Waals surface area contributed by atoms with E-state index in [-0.39, 0.29) is 12.0 Å². The van der Waals surface area contributed by atoms with Gasteiger partial charge in [0, 0.05) is 36.1 Å². The smallest absolute Gasteiger partial charge is 0.145 e. The van der Waals surface area contributed by atoms with Gasteiger partial charge in [-0.25, -0.2) is 15.0 Å². The normalized spacial score (nSPS) is 27.9. The molecule has 0 bridgehead atoms. The van der Waals surface area contributed by atoms with Gasteiger partial charge in [-0.05, 0) is 69.3 Å². The van der Waals surface area contributed by atoms with E-state index in [1.807, 2.05) is 35.9 Å². The quantitative estimate of drug-likeness (QED) is 0.292. The number of aryl methyl sites for hydroxylation is 2. The van der Waals surface area contributed by atoms with E-state index in [1.54, 1.807) is 0 Å². The van der Waals surface area contributed by atoms with Gasteiger partial charge in [-0.3, -0.25) is 0 Å². The number of hydrogen-bond acceptors (Lipinski definition) is 7. The van der Waals surface area contributed by atoms with Crippen molar-refractivity contribution in [3.8, 4) is 0 Å². The van der Waals surface area contributed by atoms with Crippen molar-refractivity contribution in [3.05, 3.63) is 47.1 Å². The molecule has 2 aliphatic carbocycles. The summed E-state index contributed by atoms with van der Waals surface area (Å²) in [4.78, 5) is 18.9. The molecule has 6 rings (SSSR count). The zero-order valence-electron chi connectivity index (χ0n) is 21.2. The molecular formula is C27H34ClN7O2. The van der Waals surface area contributed by atoms with Crippen LogP contribution in [0.15, 0.2) is 30.7 Å². The first-order valence-electron chi connectivity index (χ1n) is 13.1. The van der Waals surface area contributed by atoms with Crippen LogP contribution in [0.2, 0.25) is 5.02 Å². The Bertz CT molecular complexity index is 1390. The number of H-pyrrole nitrogens is 1. The van der Waals surface area contributed by atoms with Gasteiger partial charge in [0.25, 0.3) is 0 Å². The Labute approximate surface area is 220 Å². The molecule has 10 heteroatoms. The molecular weight excluding hydrogens is 490 g/mol.